The van der Waals surface area contributed by atoms with Gasteiger partial charge in [0.05, 0.1) is 18.0 Å². The van der Waals surface area contributed by atoms with E-state index in [-0.39, 0.29) is 63.8 Å². The molecular weight excluding hydrogens is 395 g/mol. The Morgan fingerprint density at radius 1 is 1.16 bits per heavy atom. The average molecular weight is 421 g/mol. The zero-order valence-electron chi connectivity index (χ0n) is 17.4. The molecule has 2 atom stereocenters. The van der Waals surface area contributed by atoms with E-state index in [0.717, 1.165) is 0 Å². The first-order valence-electron chi connectivity index (χ1n) is 7.27. The number of phosphoric ester groups is 1. The van der Waals surface area contributed by atoms with Crippen molar-refractivity contribution in [3.05, 3.63) is 28.8 Å². The fraction of sp³-hybridized carbons (Fsp3) is 0.600. The molecule has 0 saturated heterocycles. The van der Waals surface area contributed by atoms with Gasteiger partial charge in [0.2, 0.25) is 0 Å². The minimum absolute atomic E-state index is 0. The van der Waals surface area contributed by atoms with Crippen LogP contribution in [0, 0.1) is 0 Å². The fourth-order valence-electron chi connectivity index (χ4n) is 2.18. The quantitative estimate of drug-likeness (QED) is 0.426. The van der Waals surface area contributed by atoms with Crippen LogP contribution in [0.3, 0.4) is 0 Å². The van der Waals surface area contributed by atoms with E-state index < -0.39 is 19.2 Å². The molecule has 25 heavy (non-hydrogen) atoms. The molecule has 1 aromatic rings. The molecule has 10 heteroatoms. The van der Waals surface area contributed by atoms with Gasteiger partial charge in [-0.25, -0.2) is 8.77 Å². The summed E-state index contributed by atoms with van der Waals surface area (Å²) < 4.78 is 40.8. The van der Waals surface area contributed by atoms with Gasteiger partial charge in [-0.1, -0.05) is 41.5 Å². The summed E-state index contributed by atoms with van der Waals surface area (Å²) in [6.07, 6.45) is 0. The van der Waals surface area contributed by atoms with Gasteiger partial charge in [-0.05, 0) is 39.7 Å². The van der Waals surface area contributed by atoms with Crippen molar-refractivity contribution in [2.45, 2.75) is 59.0 Å². The van der Waals surface area contributed by atoms with Crippen LogP contribution >= 0.6 is 7.82 Å². The van der Waals surface area contributed by atoms with Crippen molar-refractivity contribution in [1.29, 1.82) is 0 Å². The molecule has 2 N–H and O–H groups in total. The maximum Gasteiger partial charge on any atom is 2.00 e. The van der Waals surface area contributed by atoms with Crippen molar-refractivity contribution in [3.63, 3.8) is 0 Å². The van der Waals surface area contributed by atoms with E-state index in [1.807, 2.05) is 41.5 Å². The maximum absolute atomic E-state index is 11.5. The molecular formula is C15H26CaO7PS-. The van der Waals surface area contributed by atoms with Crippen molar-refractivity contribution in [2.75, 3.05) is 0 Å². The van der Waals surface area contributed by atoms with E-state index in [9.17, 15) is 23.3 Å². The van der Waals surface area contributed by atoms with Crippen molar-refractivity contribution in [1.82, 2.24) is 0 Å². The molecule has 0 aliphatic heterocycles. The van der Waals surface area contributed by atoms with Crippen molar-refractivity contribution in [3.8, 4) is 5.75 Å². The summed E-state index contributed by atoms with van der Waals surface area (Å²) in [6.45, 7) is 11.2. The van der Waals surface area contributed by atoms with Crippen LogP contribution in [-0.2, 0) is 41.9 Å². The van der Waals surface area contributed by atoms with Crippen molar-refractivity contribution >= 4 is 56.9 Å². The SMILES string of the molecule is CC(C)(C)c1cc(COP(=O)(O)OS(=O)[O-])cc(C(C)(C)C)c1O.[Ca+2].[H-].[H-]. The largest absolute Gasteiger partial charge is 2.00 e. The van der Waals surface area contributed by atoms with E-state index in [4.69, 9.17) is 4.52 Å². The molecule has 2 unspecified atom stereocenters. The number of benzene rings is 1. The minimum Gasteiger partial charge on any atom is -1.00 e. The Morgan fingerprint density at radius 3 is 1.88 bits per heavy atom. The van der Waals surface area contributed by atoms with Crippen LogP contribution in [0.5, 0.6) is 5.75 Å². The first-order valence-corrected chi connectivity index (χ1v) is 9.76. The fourth-order valence-corrected chi connectivity index (χ4v) is 3.28. The smallest absolute Gasteiger partial charge is 1.00 e. The van der Waals surface area contributed by atoms with Crippen LogP contribution < -0.4 is 0 Å². The average Bonchev–Trinajstić information content (AvgIpc) is 2.33. The molecule has 0 bridgehead atoms. The van der Waals surface area contributed by atoms with Crippen molar-refractivity contribution in [2.24, 2.45) is 0 Å². The Bertz CT molecular complexity index is 655. The Kier molecular flexibility index (Phi) is 9.31. The van der Waals surface area contributed by atoms with Crippen LogP contribution in [0.1, 0.15) is 61.1 Å². The zero-order chi connectivity index (χ0) is 18.9. The van der Waals surface area contributed by atoms with E-state index >= 15 is 0 Å². The topological polar surface area (TPSA) is 116 Å². The number of hydrogen-bond acceptors (Lipinski definition) is 6. The Morgan fingerprint density at radius 2 is 1.56 bits per heavy atom. The Hall–Kier alpha value is 0.500. The van der Waals surface area contributed by atoms with E-state index in [1.165, 1.54) is 0 Å². The van der Waals surface area contributed by atoms with Gasteiger partial charge in [-0.15, -0.1) is 0 Å². The molecule has 0 aliphatic carbocycles. The second-order valence-electron chi connectivity index (χ2n) is 7.56. The monoisotopic (exact) mass is 421 g/mol. The third kappa shape index (κ3) is 7.95. The van der Waals surface area contributed by atoms with Gasteiger partial charge in [0, 0.05) is 0 Å². The molecule has 1 aromatic carbocycles. The van der Waals surface area contributed by atoms with Gasteiger partial charge >= 0.3 is 45.6 Å². The number of aromatic hydroxyl groups is 1. The van der Waals surface area contributed by atoms with Crippen LogP contribution in [0.4, 0.5) is 0 Å². The molecule has 0 saturated carbocycles. The first kappa shape index (κ1) is 25.5. The molecule has 0 aromatic heterocycles. The third-order valence-electron chi connectivity index (χ3n) is 3.34. The minimum atomic E-state index is -4.71. The van der Waals surface area contributed by atoms with Gasteiger partial charge in [0.15, 0.2) is 0 Å². The molecule has 142 valence electrons. The molecule has 7 nitrogen and oxygen atoms in total. The van der Waals surface area contributed by atoms with Crippen LogP contribution in [-0.4, -0.2) is 56.5 Å². The van der Waals surface area contributed by atoms with Crippen LogP contribution in [0.25, 0.3) is 0 Å². The van der Waals surface area contributed by atoms with Gasteiger partial charge in [0.25, 0.3) is 0 Å². The second kappa shape index (κ2) is 9.13. The van der Waals surface area contributed by atoms with Gasteiger partial charge in [-0.2, -0.15) is 3.97 Å². The van der Waals surface area contributed by atoms with Crippen molar-refractivity contribution < 1.29 is 34.7 Å². The molecule has 0 spiro atoms. The normalized spacial score (nSPS) is 16.0. The zero-order valence-corrected chi connectivity index (χ0v) is 19.3. The molecule has 0 fully saturated rings. The molecule has 0 amide bonds. The van der Waals surface area contributed by atoms with Crippen LogP contribution in [0.15, 0.2) is 12.1 Å². The summed E-state index contributed by atoms with van der Waals surface area (Å²) in [5, 5.41) is 10.6. The summed E-state index contributed by atoms with van der Waals surface area (Å²) in [5.74, 6) is 0.169. The molecule has 0 heterocycles. The van der Waals surface area contributed by atoms with Gasteiger partial charge < -0.3 is 17.4 Å². The van der Waals surface area contributed by atoms with Crippen LogP contribution in [0.2, 0.25) is 0 Å². The Labute approximate surface area is 184 Å². The van der Waals surface area contributed by atoms with E-state index in [2.05, 4.69) is 3.97 Å². The summed E-state index contributed by atoms with van der Waals surface area (Å²) in [4.78, 5) is 9.33. The maximum atomic E-state index is 11.5. The second-order valence-corrected chi connectivity index (χ2v) is 9.76. The summed E-state index contributed by atoms with van der Waals surface area (Å²) in [6, 6.07) is 3.33. The standard InChI is InChI=1S/C15H25O7PS.Ca.2H/c1-14(2,3)11-7-10(8-12(13(11)16)15(4,5)6)9-21-23(17,18)22-24(19)20;;;/h7-8,16H,9H2,1-6H3,(H,17,18)(H,19,20);;;/q;+2;2*-1/p-1. The predicted molar refractivity (Wildman–Crippen MR) is 98.1 cm³/mol. The Balaban J connectivity index is -0.00000192. The molecule has 1 rings (SSSR count). The number of phenolic OH excluding ortho intramolecular Hbond substituents is 1. The van der Waals surface area contributed by atoms with Gasteiger partial charge in [-0.3, -0.25) is 4.52 Å². The number of phenols is 1. The summed E-state index contributed by atoms with van der Waals surface area (Å²) in [5.41, 5.74) is 1.12. The van der Waals surface area contributed by atoms with E-state index in [1.54, 1.807) is 12.1 Å². The predicted octanol–water partition coefficient (Wildman–Crippen LogP) is 3.26. The summed E-state index contributed by atoms with van der Waals surface area (Å²) in [7, 11) is -4.71. The van der Waals surface area contributed by atoms with E-state index in [0.29, 0.717) is 16.7 Å². The number of rotatable bonds is 5. The number of phosphoric acid groups is 1. The number of hydrogen-bond donors (Lipinski definition) is 2. The molecule has 0 radical (unpaired) electrons. The summed E-state index contributed by atoms with van der Waals surface area (Å²) >= 11 is -3.16. The molecule has 0 aliphatic rings. The third-order valence-corrected chi connectivity index (χ3v) is 5.03. The first-order chi connectivity index (χ1) is 10.6. The van der Waals surface area contributed by atoms with Gasteiger partial charge in [0.1, 0.15) is 5.75 Å².